The van der Waals surface area contributed by atoms with Gasteiger partial charge in [-0.25, -0.2) is 9.59 Å². The van der Waals surface area contributed by atoms with Crippen LogP contribution in [0.3, 0.4) is 0 Å². The van der Waals surface area contributed by atoms with Gasteiger partial charge in [0.05, 0.1) is 0 Å². The van der Waals surface area contributed by atoms with Crippen molar-refractivity contribution in [1.82, 2.24) is 10.6 Å². The van der Waals surface area contributed by atoms with Gasteiger partial charge < -0.3 is 15.7 Å². The van der Waals surface area contributed by atoms with Gasteiger partial charge in [0.1, 0.15) is 12.6 Å². The molecule has 5 nitrogen and oxygen atoms in total. The number of carboxylic acid groups (broad SMARTS) is 1. The second-order valence-corrected chi connectivity index (χ2v) is 4.66. The van der Waals surface area contributed by atoms with Crippen molar-refractivity contribution >= 4 is 12.0 Å². The summed E-state index contributed by atoms with van der Waals surface area (Å²) >= 11 is 0. The molecule has 0 aromatic heterocycles. The van der Waals surface area contributed by atoms with Crippen LogP contribution in [0.25, 0.3) is 0 Å². The van der Waals surface area contributed by atoms with Crippen molar-refractivity contribution < 1.29 is 27.9 Å². The predicted octanol–water partition coefficient (Wildman–Crippen LogP) is 1.88. The fourth-order valence-electron chi connectivity index (χ4n) is 2.22. The molecule has 2 amide bonds. The average Bonchev–Trinajstić information content (AvgIpc) is 2.33. The van der Waals surface area contributed by atoms with E-state index in [2.05, 4.69) is 5.32 Å². The molecule has 19 heavy (non-hydrogen) atoms. The Morgan fingerprint density at radius 1 is 1.21 bits per heavy atom. The van der Waals surface area contributed by atoms with Gasteiger partial charge >= 0.3 is 18.2 Å². The lowest BCUT2D eigenvalue weighted by Crippen LogP contribution is -2.51. The number of aliphatic carboxylic acids is 1. The van der Waals surface area contributed by atoms with E-state index in [1.807, 2.05) is 0 Å². The molecule has 0 spiro atoms. The molecule has 0 aromatic carbocycles. The van der Waals surface area contributed by atoms with E-state index in [9.17, 15) is 22.8 Å². The topological polar surface area (TPSA) is 78.4 Å². The summed E-state index contributed by atoms with van der Waals surface area (Å²) in [5.74, 6) is -1.43. The van der Waals surface area contributed by atoms with Crippen LogP contribution >= 0.6 is 0 Å². The summed E-state index contributed by atoms with van der Waals surface area (Å²) in [6.45, 7) is -1.48. The van der Waals surface area contributed by atoms with Crippen molar-refractivity contribution in [2.75, 3.05) is 6.54 Å². The minimum absolute atomic E-state index is 0.220. The van der Waals surface area contributed by atoms with Crippen LogP contribution in [0.2, 0.25) is 0 Å². The van der Waals surface area contributed by atoms with Crippen LogP contribution in [0.1, 0.15) is 32.1 Å². The Morgan fingerprint density at radius 2 is 1.79 bits per heavy atom. The van der Waals surface area contributed by atoms with E-state index in [1.54, 1.807) is 5.32 Å². The molecule has 8 heteroatoms. The molecule has 3 N–H and O–H groups in total. The lowest BCUT2D eigenvalue weighted by atomic mass is 9.84. The lowest BCUT2D eigenvalue weighted by molar-refractivity contribution is -0.141. The highest BCUT2D eigenvalue weighted by Crippen LogP contribution is 2.26. The Morgan fingerprint density at radius 3 is 2.26 bits per heavy atom. The smallest absolute Gasteiger partial charge is 0.405 e. The first-order chi connectivity index (χ1) is 8.79. The molecule has 1 aliphatic carbocycles. The fraction of sp³-hybridized carbons (Fsp3) is 0.818. The molecule has 1 rings (SSSR count). The monoisotopic (exact) mass is 282 g/mol. The number of rotatable bonds is 4. The van der Waals surface area contributed by atoms with Gasteiger partial charge in [-0.1, -0.05) is 19.3 Å². The quantitative estimate of drug-likeness (QED) is 0.736. The molecule has 1 unspecified atom stereocenters. The molecule has 1 aliphatic rings. The number of urea groups is 1. The summed E-state index contributed by atoms with van der Waals surface area (Å²) in [5, 5.41) is 12.8. The van der Waals surface area contributed by atoms with Gasteiger partial charge in [0.25, 0.3) is 0 Å². The van der Waals surface area contributed by atoms with E-state index in [0.29, 0.717) is 12.8 Å². The number of nitrogens with one attached hydrogen (secondary N) is 2. The van der Waals surface area contributed by atoms with Crippen molar-refractivity contribution in [1.29, 1.82) is 0 Å². The van der Waals surface area contributed by atoms with Crippen molar-refractivity contribution in [2.45, 2.75) is 44.3 Å². The minimum Gasteiger partial charge on any atom is -0.480 e. The van der Waals surface area contributed by atoms with Crippen molar-refractivity contribution in [3.05, 3.63) is 0 Å². The van der Waals surface area contributed by atoms with E-state index in [4.69, 9.17) is 5.11 Å². The highest BCUT2D eigenvalue weighted by molar-refractivity contribution is 5.82. The molecular formula is C11H17F3N2O3. The Bertz CT molecular complexity index is 328. The van der Waals surface area contributed by atoms with Crippen LogP contribution < -0.4 is 10.6 Å². The molecule has 0 saturated heterocycles. The Hall–Kier alpha value is -1.47. The van der Waals surface area contributed by atoms with E-state index in [-0.39, 0.29) is 5.92 Å². The molecule has 0 aromatic rings. The van der Waals surface area contributed by atoms with E-state index in [0.717, 1.165) is 19.3 Å². The van der Waals surface area contributed by atoms with Gasteiger partial charge in [-0.15, -0.1) is 0 Å². The molecule has 0 bridgehead atoms. The maximum absolute atomic E-state index is 11.9. The summed E-state index contributed by atoms with van der Waals surface area (Å²) in [6.07, 6.45) is -0.419. The van der Waals surface area contributed by atoms with E-state index < -0.39 is 30.8 Å². The van der Waals surface area contributed by atoms with Crippen LogP contribution in [-0.4, -0.2) is 35.9 Å². The highest BCUT2D eigenvalue weighted by Gasteiger charge is 2.32. The number of halogens is 3. The van der Waals surface area contributed by atoms with Gasteiger partial charge in [-0.3, -0.25) is 0 Å². The number of amides is 2. The lowest BCUT2D eigenvalue weighted by Gasteiger charge is -2.28. The third kappa shape index (κ3) is 5.80. The molecule has 1 fully saturated rings. The predicted molar refractivity (Wildman–Crippen MR) is 60.6 cm³/mol. The first-order valence-electron chi connectivity index (χ1n) is 6.13. The average molecular weight is 282 g/mol. The van der Waals surface area contributed by atoms with Crippen LogP contribution in [0, 0.1) is 5.92 Å². The second kappa shape index (κ2) is 6.63. The number of hydrogen-bond donors (Lipinski definition) is 3. The second-order valence-electron chi connectivity index (χ2n) is 4.66. The van der Waals surface area contributed by atoms with E-state index >= 15 is 0 Å². The van der Waals surface area contributed by atoms with Crippen molar-refractivity contribution in [3.8, 4) is 0 Å². The number of carbonyl (C=O) groups excluding carboxylic acids is 1. The molecule has 110 valence electrons. The zero-order valence-corrected chi connectivity index (χ0v) is 10.3. The first-order valence-corrected chi connectivity index (χ1v) is 6.13. The highest BCUT2D eigenvalue weighted by atomic mass is 19.4. The van der Waals surface area contributed by atoms with Crippen LogP contribution in [-0.2, 0) is 4.79 Å². The maximum Gasteiger partial charge on any atom is 0.405 e. The summed E-state index contributed by atoms with van der Waals surface area (Å²) in [4.78, 5) is 22.3. The van der Waals surface area contributed by atoms with Crippen molar-refractivity contribution in [3.63, 3.8) is 0 Å². The molecule has 1 saturated carbocycles. The Balaban J connectivity index is 2.48. The number of carboxylic acids is 1. The number of carbonyl (C=O) groups is 2. The van der Waals surface area contributed by atoms with Gasteiger partial charge in [0.2, 0.25) is 0 Å². The third-order valence-electron chi connectivity index (χ3n) is 3.12. The van der Waals surface area contributed by atoms with Crippen LogP contribution in [0.5, 0.6) is 0 Å². The summed E-state index contributed by atoms with van der Waals surface area (Å²) in [5.41, 5.74) is 0. The summed E-state index contributed by atoms with van der Waals surface area (Å²) in [7, 11) is 0. The molecular weight excluding hydrogens is 265 g/mol. The summed E-state index contributed by atoms with van der Waals surface area (Å²) < 4.78 is 35.7. The molecule has 0 radical (unpaired) electrons. The number of alkyl halides is 3. The Kier molecular flexibility index (Phi) is 5.44. The molecule has 0 heterocycles. The molecule has 0 aliphatic heterocycles. The number of hydrogen-bond acceptors (Lipinski definition) is 2. The zero-order valence-electron chi connectivity index (χ0n) is 10.3. The van der Waals surface area contributed by atoms with Gasteiger partial charge in [0, 0.05) is 0 Å². The largest absolute Gasteiger partial charge is 0.480 e. The Labute approximate surface area is 108 Å². The normalized spacial score (nSPS) is 18.7. The van der Waals surface area contributed by atoms with E-state index in [1.165, 1.54) is 0 Å². The van der Waals surface area contributed by atoms with Gasteiger partial charge in [-0.2, -0.15) is 13.2 Å². The first kappa shape index (κ1) is 15.6. The SMILES string of the molecule is O=C(NCC(F)(F)F)NC(C(=O)O)C1CCCCC1. The van der Waals surface area contributed by atoms with Crippen molar-refractivity contribution in [2.24, 2.45) is 5.92 Å². The maximum atomic E-state index is 11.9. The summed E-state index contributed by atoms with van der Waals surface area (Å²) in [6, 6.07) is -2.23. The fourth-order valence-corrected chi connectivity index (χ4v) is 2.22. The minimum atomic E-state index is -4.51. The van der Waals surface area contributed by atoms with Gasteiger partial charge in [0.15, 0.2) is 0 Å². The third-order valence-corrected chi connectivity index (χ3v) is 3.12. The zero-order chi connectivity index (χ0) is 14.5. The van der Waals surface area contributed by atoms with Crippen LogP contribution in [0.15, 0.2) is 0 Å². The standard InChI is InChI=1S/C11H17F3N2O3/c12-11(13,14)6-15-10(19)16-8(9(17)18)7-4-2-1-3-5-7/h7-8H,1-6H2,(H,17,18)(H2,15,16,19). The molecule has 1 atom stereocenters. The van der Waals surface area contributed by atoms with Crippen LogP contribution in [0.4, 0.5) is 18.0 Å². The van der Waals surface area contributed by atoms with Gasteiger partial charge in [-0.05, 0) is 18.8 Å².